The zero-order chi connectivity index (χ0) is 11.0. The van der Waals surface area contributed by atoms with Crippen LogP contribution in [0.5, 0.6) is 0 Å². The van der Waals surface area contributed by atoms with Crippen molar-refractivity contribution in [2.45, 2.75) is 50.9 Å². The standard InChI is InChI=1S/C13H24N2O/c1-2-15-8-6-13(7-9-15)14-10-11-4-3-5-12(11)16-13/h11-12,14H,2-10H2,1H3. The zero-order valence-corrected chi connectivity index (χ0v) is 10.4. The Kier molecular flexibility index (Phi) is 2.94. The van der Waals surface area contributed by atoms with Crippen molar-refractivity contribution in [1.29, 1.82) is 0 Å². The summed E-state index contributed by atoms with van der Waals surface area (Å²) in [5, 5.41) is 3.70. The van der Waals surface area contributed by atoms with Gasteiger partial charge in [0.1, 0.15) is 5.72 Å². The molecule has 2 saturated heterocycles. The van der Waals surface area contributed by atoms with E-state index in [0.29, 0.717) is 6.10 Å². The van der Waals surface area contributed by atoms with Crippen molar-refractivity contribution in [1.82, 2.24) is 10.2 Å². The summed E-state index contributed by atoms with van der Waals surface area (Å²) in [5.74, 6) is 0.801. The van der Waals surface area contributed by atoms with E-state index in [1.807, 2.05) is 0 Å². The number of rotatable bonds is 1. The van der Waals surface area contributed by atoms with Crippen molar-refractivity contribution >= 4 is 0 Å². The summed E-state index contributed by atoms with van der Waals surface area (Å²) in [4.78, 5) is 2.52. The lowest BCUT2D eigenvalue weighted by Gasteiger charge is -2.48. The van der Waals surface area contributed by atoms with Gasteiger partial charge in [-0.25, -0.2) is 0 Å². The summed E-state index contributed by atoms with van der Waals surface area (Å²) in [6.07, 6.45) is 6.94. The van der Waals surface area contributed by atoms with Crippen molar-refractivity contribution in [2.75, 3.05) is 26.2 Å². The molecule has 3 rings (SSSR count). The first-order valence-electron chi connectivity index (χ1n) is 6.96. The van der Waals surface area contributed by atoms with Crippen LogP contribution in [0, 0.1) is 5.92 Å². The van der Waals surface area contributed by atoms with Crippen LogP contribution in [0.2, 0.25) is 0 Å². The number of hydrogen-bond acceptors (Lipinski definition) is 3. The summed E-state index contributed by atoms with van der Waals surface area (Å²) >= 11 is 0. The molecule has 0 radical (unpaired) electrons. The van der Waals surface area contributed by atoms with Crippen LogP contribution in [0.25, 0.3) is 0 Å². The molecule has 1 spiro atoms. The second-order valence-corrected chi connectivity index (χ2v) is 5.66. The van der Waals surface area contributed by atoms with Gasteiger partial charge in [0.15, 0.2) is 0 Å². The Balaban J connectivity index is 1.62. The molecule has 16 heavy (non-hydrogen) atoms. The van der Waals surface area contributed by atoms with E-state index in [-0.39, 0.29) is 5.72 Å². The lowest BCUT2D eigenvalue weighted by Crippen LogP contribution is -2.61. The highest BCUT2D eigenvalue weighted by Crippen LogP contribution is 2.37. The third-order valence-electron chi connectivity index (χ3n) is 4.76. The lowest BCUT2D eigenvalue weighted by atomic mass is 9.94. The lowest BCUT2D eigenvalue weighted by molar-refractivity contribution is -0.178. The Morgan fingerprint density at radius 2 is 2.12 bits per heavy atom. The van der Waals surface area contributed by atoms with Gasteiger partial charge in [-0.2, -0.15) is 0 Å². The minimum atomic E-state index is 0.0389. The Morgan fingerprint density at radius 3 is 2.88 bits per heavy atom. The minimum Gasteiger partial charge on any atom is -0.357 e. The maximum atomic E-state index is 6.39. The molecule has 3 aliphatic rings. The van der Waals surface area contributed by atoms with Gasteiger partial charge in [0.25, 0.3) is 0 Å². The normalized spacial score (nSPS) is 38.8. The van der Waals surface area contributed by atoms with Crippen LogP contribution in [-0.4, -0.2) is 42.9 Å². The second-order valence-electron chi connectivity index (χ2n) is 5.66. The number of nitrogens with one attached hydrogen (secondary N) is 1. The van der Waals surface area contributed by atoms with E-state index in [0.717, 1.165) is 5.92 Å². The largest absolute Gasteiger partial charge is 0.357 e. The fourth-order valence-corrected chi connectivity index (χ4v) is 3.57. The number of ether oxygens (including phenoxy) is 1. The van der Waals surface area contributed by atoms with Crippen molar-refractivity contribution in [3.8, 4) is 0 Å². The highest BCUT2D eigenvalue weighted by Gasteiger charge is 2.44. The molecule has 0 aromatic carbocycles. The quantitative estimate of drug-likeness (QED) is 0.732. The molecule has 1 aliphatic carbocycles. The fraction of sp³-hybridized carbons (Fsp3) is 1.00. The zero-order valence-electron chi connectivity index (χ0n) is 10.4. The van der Waals surface area contributed by atoms with Gasteiger partial charge >= 0.3 is 0 Å². The molecular weight excluding hydrogens is 200 g/mol. The molecule has 2 heterocycles. The van der Waals surface area contributed by atoms with Gasteiger partial charge in [0.2, 0.25) is 0 Å². The average Bonchev–Trinajstić information content (AvgIpc) is 2.77. The fourth-order valence-electron chi connectivity index (χ4n) is 3.57. The summed E-state index contributed by atoms with van der Waals surface area (Å²) in [6.45, 7) is 7.01. The van der Waals surface area contributed by atoms with Crippen LogP contribution in [-0.2, 0) is 4.74 Å². The average molecular weight is 224 g/mol. The Bertz CT molecular complexity index is 248. The summed E-state index contributed by atoms with van der Waals surface area (Å²) in [5.41, 5.74) is 0.0389. The molecule has 0 bridgehead atoms. The van der Waals surface area contributed by atoms with E-state index < -0.39 is 0 Å². The van der Waals surface area contributed by atoms with E-state index in [1.165, 1.54) is 58.3 Å². The number of nitrogens with zero attached hydrogens (tertiary/aromatic N) is 1. The van der Waals surface area contributed by atoms with Gasteiger partial charge < -0.3 is 9.64 Å². The molecule has 3 fully saturated rings. The molecule has 1 saturated carbocycles. The Morgan fingerprint density at radius 1 is 1.31 bits per heavy atom. The van der Waals surface area contributed by atoms with Crippen molar-refractivity contribution < 1.29 is 4.74 Å². The third-order valence-corrected chi connectivity index (χ3v) is 4.76. The topological polar surface area (TPSA) is 24.5 Å². The Labute approximate surface area is 98.5 Å². The van der Waals surface area contributed by atoms with Gasteiger partial charge in [-0.05, 0) is 25.3 Å². The van der Waals surface area contributed by atoms with E-state index >= 15 is 0 Å². The van der Waals surface area contributed by atoms with E-state index in [2.05, 4.69) is 17.1 Å². The Hall–Kier alpha value is -0.120. The maximum absolute atomic E-state index is 6.39. The molecule has 3 nitrogen and oxygen atoms in total. The molecule has 0 amide bonds. The van der Waals surface area contributed by atoms with Gasteiger partial charge in [0, 0.05) is 32.5 Å². The second kappa shape index (κ2) is 4.28. The number of hydrogen-bond donors (Lipinski definition) is 1. The summed E-state index contributed by atoms with van der Waals surface area (Å²) < 4.78 is 6.39. The van der Waals surface area contributed by atoms with Crippen LogP contribution >= 0.6 is 0 Å². The minimum absolute atomic E-state index is 0.0389. The predicted octanol–water partition coefficient (Wildman–Crippen LogP) is 1.59. The smallest absolute Gasteiger partial charge is 0.122 e. The summed E-state index contributed by atoms with van der Waals surface area (Å²) in [7, 11) is 0. The highest BCUT2D eigenvalue weighted by atomic mass is 16.5. The van der Waals surface area contributed by atoms with E-state index in [4.69, 9.17) is 4.74 Å². The van der Waals surface area contributed by atoms with Crippen LogP contribution < -0.4 is 5.32 Å². The van der Waals surface area contributed by atoms with Crippen LogP contribution in [0.3, 0.4) is 0 Å². The van der Waals surface area contributed by atoms with Crippen molar-refractivity contribution in [3.63, 3.8) is 0 Å². The SMILES string of the molecule is CCN1CCC2(CC1)NCC1CCCC1O2. The van der Waals surface area contributed by atoms with Crippen LogP contribution in [0.1, 0.15) is 39.0 Å². The van der Waals surface area contributed by atoms with Gasteiger partial charge in [-0.1, -0.05) is 13.3 Å². The van der Waals surface area contributed by atoms with Crippen molar-refractivity contribution in [3.05, 3.63) is 0 Å². The third kappa shape index (κ3) is 1.89. The molecular formula is C13H24N2O. The molecule has 3 heteroatoms. The highest BCUT2D eigenvalue weighted by molar-refractivity contribution is 4.94. The first-order chi connectivity index (χ1) is 7.81. The monoisotopic (exact) mass is 224 g/mol. The maximum Gasteiger partial charge on any atom is 0.122 e. The van der Waals surface area contributed by atoms with E-state index in [1.54, 1.807) is 0 Å². The van der Waals surface area contributed by atoms with Crippen LogP contribution in [0.4, 0.5) is 0 Å². The van der Waals surface area contributed by atoms with Crippen molar-refractivity contribution in [2.24, 2.45) is 5.92 Å². The number of likely N-dealkylation sites (tertiary alicyclic amines) is 1. The molecule has 2 aliphatic heterocycles. The first-order valence-corrected chi connectivity index (χ1v) is 6.96. The number of fused-ring (bicyclic) bond motifs is 1. The van der Waals surface area contributed by atoms with Gasteiger partial charge in [-0.3, -0.25) is 5.32 Å². The van der Waals surface area contributed by atoms with Crippen LogP contribution in [0.15, 0.2) is 0 Å². The predicted molar refractivity (Wildman–Crippen MR) is 64.3 cm³/mol. The molecule has 92 valence electrons. The first kappa shape index (κ1) is 11.0. The van der Waals surface area contributed by atoms with Gasteiger partial charge in [-0.15, -0.1) is 0 Å². The molecule has 2 atom stereocenters. The molecule has 2 unspecified atom stereocenters. The molecule has 0 aromatic rings. The molecule has 0 aromatic heterocycles. The summed E-state index contributed by atoms with van der Waals surface area (Å²) in [6, 6.07) is 0. The van der Waals surface area contributed by atoms with Gasteiger partial charge in [0.05, 0.1) is 6.10 Å². The van der Waals surface area contributed by atoms with E-state index in [9.17, 15) is 0 Å². The molecule has 1 N–H and O–H groups in total. The number of piperidine rings is 1.